The number of hydrogen-bond acceptors (Lipinski definition) is 5. The van der Waals surface area contributed by atoms with Crippen molar-refractivity contribution in [3.05, 3.63) is 40.2 Å². The van der Waals surface area contributed by atoms with Gasteiger partial charge in [-0.05, 0) is 35.6 Å². The summed E-state index contributed by atoms with van der Waals surface area (Å²) in [6.45, 7) is 2.05. The van der Waals surface area contributed by atoms with Crippen LogP contribution >= 0.6 is 11.5 Å². The van der Waals surface area contributed by atoms with Gasteiger partial charge in [-0.3, -0.25) is 0 Å². The summed E-state index contributed by atoms with van der Waals surface area (Å²) >= 11 is 1.20. The lowest BCUT2D eigenvalue weighted by Crippen LogP contribution is -2.04. The molecule has 1 unspecified atom stereocenters. The molecule has 108 valence electrons. The fourth-order valence-corrected chi connectivity index (χ4v) is 2.71. The standard InChI is InChI=1S/C14H17FN2O2S/c1-3-4-11-14(20-17-16-11)12(18)8-9-5-6-13(19-2)10(15)7-9/h5-7,12,18H,3-4,8H2,1-2H3. The summed E-state index contributed by atoms with van der Waals surface area (Å²) in [5, 5.41) is 14.3. The Kier molecular flexibility index (Phi) is 5.03. The molecular weight excluding hydrogens is 279 g/mol. The van der Waals surface area contributed by atoms with Gasteiger partial charge in [-0.25, -0.2) is 4.39 Å². The van der Waals surface area contributed by atoms with Crippen molar-refractivity contribution in [3.8, 4) is 5.75 Å². The van der Waals surface area contributed by atoms with Gasteiger partial charge >= 0.3 is 0 Å². The Morgan fingerprint density at radius 1 is 1.45 bits per heavy atom. The van der Waals surface area contributed by atoms with Gasteiger partial charge in [-0.15, -0.1) is 5.10 Å². The fraction of sp³-hybridized carbons (Fsp3) is 0.429. The minimum atomic E-state index is -0.704. The smallest absolute Gasteiger partial charge is 0.165 e. The molecule has 0 fully saturated rings. The van der Waals surface area contributed by atoms with Crippen molar-refractivity contribution >= 4 is 11.5 Å². The van der Waals surface area contributed by atoms with Gasteiger partial charge in [0.1, 0.15) is 0 Å². The van der Waals surface area contributed by atoms with Gasteiger partial charge in [0.05, 0.1) is 23.8 Å². The number of aliphatic hydroxyl groups is 1. The average Bonchev–Trinajstić information content (AvgIpc) is 2.88. The summed E-state index contributed by atoms with van der Waals surface area (Å²) in [4.78, 5) is 0.767. The SMILES string of the molecule is CCCc1nnsc1C(O)Cc1ccc(OC)c(F)c1. The second-order valence-corrected chi connectivity index (χ2v) is 5.31. The zero-order valence-corrected chi connectivity index (χ0v) is 12.3. The number of aliphatic hydroxyl groups excluding tert-OH is 1. The summed E-state index contributed by atoms with van der Waals surface area (Å²) < 4.78 is 22.4. The predicted octanol–water partition coefficient (Wildman–Crippen LogP) is 2.91. The molecule has 2 rings (SSSR count). The van der Waals surface area contributed by atoms with Crippen LogP contribution in [0.1, 0.15) is 35.6 Å². The van der Waals surface area contributed by atoms with E-state index in [4.69, 9.17) is 4.74 Å². The van der Waals surface area contributed by atoms with Crippen LogP contribution in [0, 0.1) is 5.82 Å². The maximum absolute atomic E-state index is 13.6. The number of rotatable bonds is 6. The topological polar surface area (TPSA) is 55.2 Å². The molecule has 6 heteroatoms. The quantitative estimate of drug-likeness (QED) is 0.890. The molecule has 0 spiro atoms. The number of ether oxygens (including phenoxy) is 1. The van der Waals surface area contributed by atoms with Gasteiger partial charge in [0.25, 0.3) is 0 Å². The number of benzene rings is 1. The van der Waals surface area contributed by atoms with E-state index in [1.165, 1.54) is 24.7 Å². The van der Waals surface area contributed by atoms with E-state index < -0.39 is 11.9 Å². The van der Waals surface area contributed by atoms with Crippen LogP contribution in [0.3, 0.4) is 0 Å². The Morgan fingerprint density at radius 3 is 2.90 bits per heavy atom. The zero-order chi connectivity index (χ0) is 14.5. The van der Waals surface area contributed by atoms with E-state index in [1.54, 1.807) is 12.1 Å². The lowest BCUT2D eigenvalue weighted by molar-refractivity contribution is 0.181. The molecule has 1 heterocycles. The highest BCUT2D eigenvalue weighted by Crippen LogP contribution is 2.26. The number of hydrogen-bond donors (Lipinski definition) is 1. The Morgan fingerprint density at radius 2 is 2.25 bits per heavy atom. The van der Waals surface area contributed by atoms with Gasteiger partial charge < -0.3 is 9.84 Å². The van der Waals surface area contributed by atoms with E-state index >= 15 is 0 Å². The molecule has 0 aliphatic heterocycles. The highest BCUT2D eigenvalue weighted by Gasteiger charge is 2.17. The second-order valence-electron chi connectivity index (χ2n) is 4.52. The van der Waals surface area contributed by atoms with Gasteiger partial charge in [0, 0.05) is 6.42 Å². The lowest BCUT2D eigenvalue weighted by Gasteiger charge is -2.10. The zero-order valence-electron chi connectivity index (χ0n) is 11.5. The van der Waals surface area contributed by atoms with E-state index in [0.29, 0.717) is 12.0 Å². The summed E-state index contributed by atoms with van der Waals surface area (Å²) in [6, 6.07) is 4.70. The maximum Gasteiger partial charge on any atom is 0.165 e. The first-order valence-electron chi connectivity index (χ1n) is 6.47. The molecule has 0 amide bonds. The molecule has 1 aromatic heterocycles. The van der Waals surface area contributed by atoms with Gasteiger partial charge in [-0.2, -0.15) is 0 Å². The number of aryl methyl sites for hydroxylation is 1. The third kappa shape index (κ3) is 3.32. The van der Waals surface area contributed by atoms with Crippen molar-refractivity contribution in [2.45, 2.75) is 32.3 Å². The predicted molar refractivity (Wildman–Crippen MR) is 75.5 cm³/mol. The molecule has 0 bridgehead atoms. The van der Waals surface area contributed by atoms with Crippen LogP contribution < -0.4 is 4.74 Å². The Labute approximate surface area is 121 Å². The molecule has 0 aliphatic carbocycles. The summed E-state index contributed by atoms with van der Waals surface area (Å²) in [5.41, 5.74) is 1.55. The van der Waals surface area contributed by atoms with Crippen LogP contribution in [0.2, 0.25) is 0 Å². The monoisotopic (exact) mass is 296 g/mol. The minimum absolute atomic E-state index is 0.203. The summed E-state index contributed by atoms with van der Waals surface area (Å²) in [7, 11) is 1.42. The van der Waals surface area contributed by atoms with Crippen molar-refractivity contribution in [1.82, 2.24) is 9.59 Å². The summed E-state index contributed by atoms with van der Waals surface area (Å²) in [6.07, 6.45) is 1.37. The van der Waals surface area contributed by atoms with Crippen LogP contribution in [-0.2, 0) is 12.8 Å². The maximum atomic E-state index is 13.6. The normalized spacial score (nSPS) is 12.4. The van der Waals surface area contributed by atoms with Crippen LogP contribution in [-0.4, -0.2) is 21.8 Å². The lowest BCUT2D eigenvalue weighted by atomic mass is 10.0. The van der Waals surface area contributed by atoms with Crippen LogP contribution in [0.25, 0.3) is 0 Å². The first-order chi connectivity index (χ1) is 9.65. The van der Waals surface area contributed by atoms with Gasteiger partial charge in [-0.1, -0.05) is 23.9 Å². The average molecular weight is 296 g/mol. The molecule has 0 saturated heterocycles. The molecule has 2 aromatic rings. The largest absolute Gasteiger partial charge is 0.494 e. The molecule has 1 atom stereocenters. The van der Waals surface area contributed by atoms with Crippen LogP contribution in [0.4, 0.5) is 4.39 Å². The van der Waals surface area contributed by atoms with Crippen molar-refractivity contribution in [2.75, 3.05) is 7.11 Å². The molecule has 1 N–H and O–H groups in total. The van der Waals surface area contributed by atoms with E-state index in [0.717, 1.165) is 23.4 Å². The molecule has 4 nitrogen and oxygen atoms in total. The van der Waals surface area contributed by atoms with Crippen LogP contribution in [0.15, 0.2) is 18.2 Å². The first-order valence-corrected chi connectivity index (χ1v) is 7.24. The van der Waals surface area contributed by atoms with Crippen molar-refractivity contribution in [3.63, 3.8) is 0 Å². The highest BCUT2D eigenvalue weighted by molar-refractivity contribution is 7.05. The van der Waals surface area contributed by atoms with Crippen LogP contribution in [0.5, 0.6) is 5.75 Å². The summed E-state index contributed by atoms with van der Waals surface area (Å²) in [5.74, 6) is -0.220. The molecular formula is C14H17FN2O2S. The Hall–Kier alpha value is -1.53. The van der Waals surface area contributed by atoms with Gasteiger partial charge in [0.2, 0.25) is 0 Å². The highest BCUT2D eigenvalue weighted by atomic mass is 32.1. The minimum Gasteiger partial charge on any atom is -0.494 e. The number of aromatic nitrogens is 2. The molecule has 0 saturated carbocycles. The van der Waals surface area contributed by atoms with E-state index in [-0.39, 0.29) is 5.75 Å². The Balaban J connectivity index is 2.12. The molecule has 0 radical (unpaired) electrons. The van der Waals surface area contributed by atoms with E-state index in [2.05, 4.69) is 9.59 Å². The van der Waals surface area contributed by atoms with Crippen molar-refractivity contribution < 1.29 is 14.2 Å². The number of halogens is 1. The number of nitrogens with zero attached hydrogens (tertiary/aromatic N) is 2. The molecule has 1 aromatic carbocycles. The first kappa shape index (κ1) is 14.9. The van der Waals surface area contributed by atoms with E-state index in [9.17, 15) is 9.50 Å². The molecule has 0 aliphatic rings. The fourth-order valence-electron chi connectivity index (χ4n) is 2.03. The molecule has 20 heavy (non-hydrogen) atoms. The third-order valence-corrected chi connectivity index (χ3v) is 3.89. The second kappa shape index (κ2) is 6.76. The van der Waals surface area contributed by atoms with Gasteiger partial charge in [0.15, 0.2) is 11.6 Å². The number of methoxy groups -OCH3 is 1. The Bertz CT molecular complexity index is 574. The third-order valence-electron chi connectivity index (χ3n) is 3.02. The van der Waals surface area contributed by atoms with Crippen molar-refractivity contribution in [2.24, 2.45) is 0 Å². The van der Waals surface area contributed by atoms with Crippen molar-refractivity contribution in [1.29, 1.82) is 0 Å². The van der Waals surface area contributed by atoms with E-state index in [1.807, 2.05) is 6.92 Å².